The molecule has 0 fully saturated rings. The first-order chi connectivity index (χ1) is 50.6. The Hall–Kier alpha value is -12.8. The van der Waals surface area contributed by atoms with E-state index in [9.17, 15) is 0 Å². The standard InChI is InChI=1S/C45H27N5S.C45H26N4S2/c1-3-14-28(15-4-1)43-46-44(34-21-13-25-39-40(34)33-20-9-12-24-38(33)51-39)48-45(47-43)50-36-23-11-8-19-32(36)41-37(50)27-26-31-30-18-7-10-22-35(30)49(42(31)41)29-16-5-2-6-17-29;1-2-12-27(13-3-1)28-14-10-15-29(26-28)43-46-44(34-19-11-23-39-40(34)33-18-6-9-22-38(33)50-39)48-45(47-43)49-35-20-7-4-17-32(35)41-36(49)25-24-31-30-16-5-8-21-37(30)51-42(31)41/h1-27H;1-26H. The van der Waals surface area contributed by atoms with E-state index in [1.54, 1.807) is 22.7 Å². The highest BCUT2D eigenvalue weighted by Gasteiger charge is 2.26. The maximum atomic E-state index is 5.36. The molecule has 0 spiro atoms. The van der Waals surface area contributed by atoms with Gasteiger partial charge in [-0.15, -0.1) is 34.0 Å². The highest BCUT2D eigenvalue weighted by molar-refractivity contribution is 7.27. The minimum absolute atomic E-state index is 0.586. The van der Waals surface area contributed by atoms with E-state index < -0.39 is 0 Å². The Kier molecular flexibility index (Phi) is 13.3. The van der Waals surface area contributed by atoms with Crippen molar-refractivity contribution in [1.29, 1.82) is 0 Å². The Morgan fingerprint density at radius 3 is 1.23 bits per heavy atom. The number of fused-ring (bicyclic) bond motifs is 20. The van der Waals surface area contributed by atoms with Crippen molar-refractivity contribution in [2.75, 3.05) is 0 Å². The molecule has 22 rings (SSSR count). The molecule has 0 N–H and O–H groups in total. The molecule has 12 heteroatoms. The van der Waals surface area contributed by atoms with Crippen LogP contribution < -0.4 is 0 Å². The van der Waals surface area contributed by atoms with Gasteiger partial charge >= 0.3 is 0 Å². The van der Waals surface area contributed by atoms with Crippen molar-refractivity contribution >= 4 is 160 Å². The first-order valence-corrected chi connectivity index (χ1v) is 36.4. The van der Waals surface area contributed by atoms with E-state index in [0.717, 1.165) is 71.9 Å². The minimum atomic E-state index is 0.586. The van der Waals surface area contributed by atoms with Gasteiger partial charge in [-0.1, -0.05) is 243 Å². The Labute approximate surface area is 595 Å². The molecule has 8 aromatic heterocycles. The van der Waals surface area contributed by atoms with Crippen LogP contribution in [0.5, 0.6) is 0 Å². The summed E-state index contributed by atoms with van der Waals surface area (Å²) in [6, 6.07) is 114. The predicted molar refractivity (Wildman–Crippen MR) is 429 cm³/mol. The Morgan fingerprint density at radius 2 is 0.627 bits per heavy atom. The van der Waals surface area contributed by atoms with E-state index in [0.29, 0.717) is 35.2 Å². The molecule has 476 valence electrons. The molecule has 102 heavy (non-hydrogen) atoms. The second-order valence-corrected chi connectivity index (χ2v) is 28.8. The van der Waals surface area contributed by atoms with Gasteiger partial charge in [0, 0.05) is 121 Å². The van der Waals surface area contributed by atoms with Crippen LogP contribution >= 0.6 is 34.0 Å². The number of para-hydroxylation sites is 4. The average molecular weight is 1360 g/mol. The lowest BCUT2D eigenvalue weighted by Crippen LogP contribution is -2.06. The highest BCUT2D eigenvalue weighted by atomic mass is 32.1. The van der Waals surface area contributed by atoms with E-state index in [4.69, 9.17) is 29.9 Å². The molecule has 0 amide bonds. The molecule has 0 aliphatic carbocycles. The molecule has 0 saturated carbocycles. The Bertz CT molecular complexity index is 7140. The van der Waals surface area contributed by atoms with Crippen molar-refractivity contribution in [1.82, 2.24) is 43.6 Å². The van der Waals surface area contributed by atoms with Gasteiger partial charge in [0.1, 0.15) is 0 Å². The average Bonchev–Trinajstić information content (AvgIpc) is 1.55. The molecule has 0 bridgehead atoms. The quantitative estimate of drug-likeness (QED) is 0.150. The molecule has 14 aromatic carbocycles. The van der Waals surface area contributed by atoms with Crippen molar-refractivity contribution in [2.45, 2.75) is 0 Å². The largest absolute Gasteiger partial charge is 0.309 e. The molecule has 0 unspecified atom stereocenters. The number of aromatic nitrogens is 9. The summed E-state index contributed by atoms with van der Waals surface area (Å²) in [6.45, 7) is 0. The van der Waals surface area contributed by atoms with Crippen molar-refractivity contribution < 1.29 is 0 Å². The number of benzene rings is 14. The van der Waals surface area contributed by atoms with Crippen molar-refractivity contribution in [3.05, 3.63) is 322 Å². The predicted octanol–water partition coefficient (Wildman–Crippen LogP) is 24.5. The number of hydrogen-bond acceptors (Lipinski definition) is 9. The lowest BCUT2D eigenvalue weighted by atomic mass is 10.0. The van der Waals surface area contributed by atoms with Crippen molar-refractivity contribution in [3.8, 4) is 74.3 Å². The van der Waals surface area contributed by atoms with Crippen LogP contribution in [0.25, 0.3) is 200 Å². The normalized spacial score (nSPS) is 11.9. The Morgan fingerprint density at radius 1 is 0.216 bits per heavy atom. The van der Waals surface area contributed by atoms with Crippen LogP contribution in [0, 0.1) is 0 Å². The summed E-state index contributed by atoms with van der Waals surface area (Å²) < 4.78 is 14.4. The molecule has 0 atom stereocenters. The minimum Gasteiger partial charge on any atom is -0.309 e. The van der Waals surface area contributed by atoms with Crippen LogP contribution in [-0.2, 0) is 0 Å². The highest BCUT2D eigenvalue weighted by Crippen LogP contribution is 2.47. The molecule has 9 nitrogen and oxygen atoms in total. The lowest BCUT2D eigenvalue weighted by Gasteiger charge is -2.12. The van der Waals surface area contributed by atoms with Gasteiger partial charge in [-0.3, -0.25) is 9.13 Å². The third-order valence-electron chi connectivity index (χ3n) is 19.9. The van der Waals surface area contributed by atoms with Crippen LogP contribution in [-0.4, -0.2) is 43.6 Å². The monoisotopic (exact) mass is 1360 g/mol. The van der Waals surface area contributed by atoms with E-state index in [1.807, 2.05) is 35.6 Å². The van der Waals surface area contributed by atoms with Crippen molar-refractivity contribution in [2.24, 2.45) is 0 Å². The van der Waals surface area contributed by atoms with Crippen LogP contribution in [0.3, 0.4) is 0 Å². The maximum Gasteiger partial charge on any atom is 0.238 e. The molecule has 0 radical (unpaired) electrons. The molecular formula is C90H53N9S3. The topological polar surface area (TPSA) is 92.1 Å². The van der Waals surface area contributed by atoms with Crippen LogP contribution in [0.1, 0.15) is 0 Å². The molecule has 8 heterocycles. The van der Waals surface area contributed by atoms with Gasteiger partial charge < -0.3 is 4.57 Å². The van der Waals surface area contributed by atoms with E-state index >= 15 is 0 Å². The van der Waals surface area contributed by atoms with Gasteiger partial charge in [-0.25, -0.2) is 9.97 Å². The summed E-state index contributed by atoms with van der Waals surface area (Å²) in [4.78, 5) is 31.7. The van der Waals surface area contributed by atoms with Gasteiger partial charge in [0.25, 0.3) is 0 Å². The third-order valence-corrected chi connectivity index (χ3v) is 23.3. The summed E-state index contributed by atoms with van der Waals surface area (Å²) >= 11 is 5.46. The van der Waals surface area contributed by atoms with Crippen LogP contribution in [0.15, 0.2) is 322 Å². The summed E-state index contributed by atoms with van der Waals surface area (Å²) in [5, 5.41) is 14.5. The van der Waals surface area contributed by atoms with E-state index in [-0.39, 0.29) is 0 Å². The van der Waals surface area contributed by atoms with Gasteiger partial charge in [0.05, 0.1) is 33.1 Å². The zero-order valence-corrected chi connectivity index (χ0v) is 56.8. The fourth-order valence-corrected chi connectivity index (χ4v) is 18.9. The van der Waals surface area contributed by atoms with Crippen LogP contribution in [0.2, 0.25) is 0 Å². The van der Waals surface area contributed by atoms with Crippen LogP contribution in [0.4, 0.5) is 0 Å². The molecule has 0 aliphatic heterocycles. The SMILES string of the molecule is c1ccc(-c2cccc(-c3nc(-c4cccc5sc6ccccc6c45)nc(-n4c5ccccc5c5c6sc7ccccc7c6ccc54)n3)c2)cc1.c1ccc(-c2nc(-c3cccc4sc5ccccc5c34)nc(-n3c4ccccc4c4c3ccc3c5ccccc5n(-c5ccccc5)c34)n2)cc1. The maximum absolute atomic E-state index is 5.36. The second-order valence-electron chi connectivity index (χ2n) is 25.6. The lowest BCUT2D eigenvalue weighted by molar-refractivity contribution is 0.954. The molecule has 0 aliphatic rings. The third kappa shape index (κ3) is 9.20. The zero-order valence-electron chi connectivity index (χ0n) is 54.3. The Balaban J connectivity index is 0.000000133. The molecule has 22 aromatic rings. The van der Waals surface area contributed by atoms with Gasteiger partial charge in [-0.2, -0.15) is 19.9 Å². The first kappa shape index (κ1) is 58.2. The first-order valence-electron chi connectivity index (χ1n) is 34.0. The summed E-state index contributed by atoms with van der Waals surface area (Å²) in [7, 11) is 0. The summed E-state index contributed by atoms with van der Waals surface area (Å²) in [5.74, 6) is 3.77. The van der Waals surface area contributed by atoms with Gasteiger partial charge in [-0.05, 0) is 90.0 Å². The molecular weight excluding hydrogens is 1300 g/mol. The number of thiophene rings is 3. The fourth-order valence-electron chi connectivity index (χ4n) is 15.4. The zero-order chi connectivity index (χ0) is 66.9. The number of hydrogen-bond donors (Lipinski definition) is 0. The second kappa shape index (κ2) is 23.4. The van der Waals surface area contributed by atoms with Gasteiger partial charge in [0.15, 0.2) is 23.3 Å². The number of rotatable bonds is 8. The van der Waals surface area contributed by atoms with Crippen molar-refractivity contribution in [3.63, 3.8) is 0 Å². The van der Waals surface area contributed by atoms with E-state index in [1.165, 1.54) is 93.1 Å². The fraction of sp³-hybridized carbons (Fsp3) is 0. The summed E-state index contributed by atoms with van der Waals surface area (Å²) in [6.07, 6.45) is 0. The van der Waals surface area contributed by atoms with Gasteiger partial charge in [0.2, 0.25) is 11.9 Å². The van der Waals surface area contributed by atoms with E-state index in [2.05, 4.69) is 311 Å². The smallest absolute Gasteiger partial charge is 0.238 e. The number of nitrogens with zero attached hydrogens (tertiary/aromatic N) is 9. The molecule has 0 saturated heterocycles. The summed E-state index contributed by atoms with van der Waals surface area (Å²) in [5.41, 5.74) is 13.8.